The van der Waals surface area contributed by atoms with Crippen molar-refractivity contribution < 1.29 is 4.74 Å². The Kier molecular flexibility index (Phi) is 5.69. The molecule has 2 aromatic heterocycles. The minimum Gasteiger partial charge on any atom is -0.381 e. The average molecular weight is 408 g/mol. The molecule has 3 heterocycles. The molecule has 0 spiro atoms. The highest BCUT2D eigenvalue weighted by Crippen LogP contribution is 2.36. The zero-order chi connectivity index (χ0) is 21.3. The molecule has 0 saturated carbocycles. The molecular formula is C22H29N7O. The first-order chi connectivity index (χ1) is 14.4. The second kappa shape index (κ2) is 8.41. The van der Waals surface area contributed by atoms with Gasteiger partial charge in [0.25, 0.3) is 0 Å². The van der Waals surface area contributed by atoms with Gasteiger partial charge in [-0.25, -0.2) is 9.97 Å². The molecule has 8 nitrogen and oxygen atoms in total. The largest absolute Gasteiger partial charge is 0.381 e. The zero-order valence-electron chi connectivity index (χ0n) is 18.0. The topological polar surface area (TPSA) is 92.4 Å². The Labute approximate surface area is 177 Å². The third-order valence-electron chi connectivity index (χ3n) is 5.50. The van der Waals surface area contributed by atoms with Crippen molar-refractivity contribution in [3.05, 3.63) is 42.2 Å². The fourth-order valence-corrected chi connectivity index (χ4v) is 3.87. The van der Waals surface area contributed by atoms with Crippen LogP contribution >= 0.6 is 0 Å². The quantitative estimate of drug-likeness (QED) is 0.667. The van der Waals surface area contributed by atoms with Crippen molar-refractivity contribution in [3.63, 3.8) is 0 Å². The smallest absolute Gasteiger partial charge is 0.226 e. The summed E-state index contributed by atoms with van der Waals surface area (Å²) in [4.78, 5) is 17.4. The number of pyridine rings is 1. The van der Waals surface area contributed by atoms with Gasteiger partial charge in [-0.1, -0.05) is 6.07 Å². The number of nitrogens with zero attached hydrogens (tertiary/aromatic N) is 5. The third-order valence-corrected chi connectivity index (χ3v) is 5.50. The maximum Gasteiger partial charge on any atom is 0.226 e. The van der Waals surface area contributed by atoms with Crippen LogP contribution in [0.4, 0.5) is 23.3 Å². The fraction of sp³-hybridized carbons (Fsp3) is 0.409. The van der Waals surface area contributed by atoms with E-state index in [1.54, 1.807) is 6.20 Å². The second-order valence-corrected chi connectivity index (χ2v) is 8.08. The standard InChI is InChI=1S/C22H29N7O/c1-28(2)19-6-5-14(17-13-30-10-8-18(17)23)15-11-21(25-12-16(15)19)26-20-7-9-24-22(27-20)29(3)4/h5-7,9,11-12,17-18H,8,10,13,23H2,1-4H3,(H,24,25,26,27). The number of nitrogens with two attached hydrogens (primary N) is 1. The maximum absolute atomic E-state index is 6.46. The van der Waals surface area contributed by atoms with E-state index >= 15 is 0 Å². The van der Waals surface area contributed by atoms with Crippen molar-refractivity contribution >= 4 is 34.0 Å². The van der Waals surface area contributed by atoms with Crippen LogP contribution in [0.2, 0.25) is 0 Å². The first-order valence-electron chi connectivity index (χ1n) is 10.1. The first kappa shape index (κ1) is 20.3. The Morgan fingerprint density at radius 1 is 1.03 bits per heavy atom. The summed E-state index contributed by atoms with van der Waals surface area (Å²) in [6.07, 6.45) is 4.52. The van der Waals surface area contributed by atoms with E-state index in [4.69, 9.17) is 10.5 Å². The highest BCUT2D eigenvalue weighted by molar-refractivity contribution is 5.97. The first-order valence-corrected chi connectivity index (χ1v) is 10.1. The van der Waals surface area contributed by atoms with Gasteiger partial charge in [-0.15, -0.1) is 0 Å². The van der Waals surface area contributed by atoms with Crippen LogP contribution in [-0.2, 0) is 4.74 Å². The van der Waals surface area contributed by atoms with Crippen LogP contribution in [0.5, 0.6) is 0 Å². The van der Waals surface area contributed by atoms with Crippen molar-refractivity contribution in [1.29, 1.82) is 0 Å². The predicted molar refractivity (Wildman–Crippen MR) is 122 cm³/mol. The molecule has 0 amide bonds. The number of aromatic nitrogens is 3. The lowest BCUT2D eigenvalue weighted by Gasteiger charge is -2.30. The van der Waals surface area contributed by atoms with Gasteiger partial charge < -0.3 is 25.6 Å². The number of rotatable bonds is 5. The van der Waals surface area contributed by atoms with Gasteiger partial charge in [0.1, 0.15) is 11.6 Å². The van der Waals surface area contributed by atoms with E-state index in [1.807, 2.05) is 45.4 Å². The van der Waals surface area contributed by atoms with Crippen LogP contribution in [-0.4, -0.2) is 62.4 Å². The Morgan fingerprint density at radius 3 is 2.60 bits per heavy atom. The number of hydrogen-bond donors (Lipinski definition) is 2. The summed E-state index contributed by atoms with van der Waals surface area (Å²) in [7, 11) is 7.91. The van der Waals surface area contributed by atoms with E-state index in [1.165, 1.54) is 5.56 Å². The van der Waals surface area contributed by atoms with Gasteiger partial charge in [-0.2, -0.15) is 4.98 Å². The molecule has 1 aliphatic rings. The number of anilines is 4. The van der Waals surface area contributed by atoms with Gasteiger partial charge in [0.15, 0.2) is 0 Å². The van der Waals surface area contributed by atoms with Gasteiger partial charge >= 0.3 is 0 Å². The van der Waals surface area contributed by atoms with E-state index in [0.29, 0.717) is 18.4 Å². The molecule has 4 rings (SSSR count). The molecule has 2 unspecified atom stereocenters. The number of hydrogen-bond acceptors (Lipinski definition) is 8. The molecule has 1 aliphatic heterocycles. The lowest BCUT2D eigenvalue weighted by atomic mass is 9.86. The summed E-state index contributed by atoms with van der Waals surface area (Å²) in [5, 5.41) is 5.54. The summed E-state index contributed by atoms with van der Waals surface area (Å²) < 4.78 is 5.75. The molecule has 3 aromatic rings. The number of ether oxygens (including phenoxy) is 1. The van der Waals surface area contributed by atoms with Crippen LogP contribution in [0.25, 0.3) is 10.8 Å². The van der Waals surface area contributed by atoms with E-state index in [2.05, 4.69) is 43.4 Å². The SMILES string of the molecule is CN(C)c1nccc(Nc2cc3c(C4COCCC4N)ccc(N(C)C)c3cn2)n1. The summed E-state index contributed by atoms with van der Waals surface area (Å²) >= 11 is 0. The van der Waals surface area contributed by atoms with Crippen LogP contribution in [0, 0.1) is 0 Å². The highest BCUT2D eigenvalue weighted by Gasteiger charge is 2.26. The molecule has 1 aromatic carbocycles. The number of nitrogens with one attached hydrogen (secondary N) is 1. The Bertz CT molecular complexity index is 1040. The summed E-state index contributed by atoms with van der Waals surface area (Å²) in [6.45, 7) is 1.36. The van der Waals surface area contributed by atoms with Crippen molar-refractivity contribution in [1.82, 2.24) is 15.0 Å². The number of fused-ring (bicyclic) bond motifs is 1. The van der Waals surface area contributed by atoms with E-state index in [0.717, 1.165) is 35.3 Å². The molecule has 158 valence electrons. The molecule has 0 radical (unpaired) electrons. The van der Waals surface area contributed by atoms with Gasteiger partial charge in [-0.05, 0) is 35.6 Å². The van der Waals surface area contributed by atoms with Crippen LogP contribution < -0.4 is 20.9 Å². The normalized spacial score (nSPS) is 19.0. The van der Waals surface area contributed by atoms with E-state index in [9.17, 15) is 0 Å². The minimum atomic E-state index is 0.0845. The summed E-state index contributed by atoms with van der Waals surface area (Å²) in [5.41, 5.74) is 8.78. The lowest BCUT2D eigenvalue weighted by Crippen LogP contribution is -2.37. The summed E-state index contributed by atoms with van der Waals surface area (Å²) in [5.74, 6) is 2.23. The van der Waals surface area contributed by atoms with E-state index < -0.39 is 0 Å². The molecule has 8 heteroatoms. The monoisotopic (exact) mass is 407 g/mol. The van der Waals surface area contributed by atoms with Crippen molar-refractivity contribution in [2.24, 2.45) is 5.73 Å². The van der Waals surface area contributed by atoms with Crippen LogP contribution in [0.3, 0.4) is 0 Å². The Morgan fingerprint density at radius 2 is 1.87 bits per heavy atom. The minimum absolute atomic E-state index is 0.0845. The molecule has 2 atom stereocenters. The molecule has 1 saturated heterocycles. The number of benzene rings is 1. The molecule has 1 fully saturated rings. The lowest BCUT2D eigenvalue weighted by molar-refractivity contribution is 0.0695. The average Bonchev–Trinajstić information content (AvgIpc) is 2.73. The van der Waals surface area contributed by atoms with Crippen molar-refractivity contribution in [2.45, 2.75) is 18.4 Å². The molecule has 30 heavy (non-hydrogen) atoms. The predicted octanol–water partition coefficient (Wildman–Crippen LogP) is 2.73. The van der Waals surface area contributed by atoms with Gasteiger partial charge in [0.05, 0.1) is 6.61 Å². The molecular weight excluding hydrogens is 378 g/mol. The van der Waals surface area contributed by atoms with Crippen molar-refractivity contribution in [2.75, 3.05) is 56.5 Å². The molecule has 0 aliphatic carbocycles. The zero-order valence-corrected chi connectivity index (χ0v) is 18.0. The molecule has 3 N–H and O–H groups in total. The fourth-order valence-electron chi connectivity index (χ4n) is 3.87. The van der Waals surface area contributed by atoms with Gasteiger partial charge in [-0.3, -0.25) is 0 Å². The van der Waals surface area contributed by atoms with Gasteiger partial charge in [0.2, 0.25) is 5.95 Å². The Hall–Kier alpha value is -2.97. The Balaban J connectivity index is 1.77. The van der Waals surface area contributed by atoms with Gasteiger partial charge in [0, 0.05) is 70.2 Å². The summed E-state index contributed by atoms with van der Waals surface area (Å²) in [6, 6.07) is 8.32. The second-order valence-electron chi connectivity index (χ2n) is 8.08. The van der Waals surface area contributed by atoms with Crippen LogP contribution in [0.15, 0.2) is 36.7 Å². The maximum atomic E-state index is 6.46. The van der Waals surface area contributed by atoms with Crippen molar-refractivity contribution in [3.8, 4) is 0 Å². The highest BCUT2D eigenvalue weighted by atomic mass is 16.5. The third kappa shape index (κ3) is 4.01. The van der Waals surface area contributed by atoms with Crippen LogP contribution in [0.1, 0.15) is 17.9 Å². The molecule has 0 bridgehead atoms. The van der Waals surface area contributed by atoms with E-state index in [-0.39, 0.29) is 12.0 Å².